The molecule has 80 valence electrons. The molecule has 0 fully saturated rings. The van der Waals surface area contributed by atoms with Gasteiger partial charge in [0.25, 0.3) is 0 Å². The van der Waals surface area contributed by atoms with Crippen molar-refractivity contribution in [1.29, 1.82) is 0 Å². The zero-order valence-corrected chi connectivity index (χ0v) is 8.83. The third kappa shape index (κ3) is 13.0. The SMILES string of the molecule is C=C(C)C(=O)OC.C=CCOC(C)=O. The van der Waals surface area contributed by atoms with Crippen LogP contribution in [0.3, 0.4) is 0 Å². The Morgan fingerprint density at radius 2 is 1.86 bits per heavy atom. The van der Waals surface area contributed by atoms with Crippen molar-refractivity contribution in [3.63, 3.8) is 0 Å². The molecule has 0 rings (SSSR count). The van der Waals surface area contributed by atoms with E-state index in [2.05, 4.69) is 22.6 Å². The van der Waals surface area contributed by atoms with Crippen molar-refractivity contribution in [2.45, 2.75) is 13.8 Å². The van der Waals surface area contributed by atoms with Crippen LogP contribution in [0.2, 0.25) is 0 Å². The highest BCUT2D eigenvalue weighted by molar-refractivity contribution is 5.86. The van der Waals surface area contributed by atoms with Gasteiger partial charge in [0.2, 0.25) is 0 Å². The second kappa shape index (κ2) is 9.51. The molecule has 4 nitrogen and oxygen atoms in total. The summed E-state index contributed by atoms with van der Waals surface area (Å²) in [4.78, 5) is 20.1. The van der Waals surface area contributed by atoms with E-state index in [1.807, 2.05) is 0 Å². The lowest BCUT2D eigenvalue weighted by molar-refractivity contribution is -0.139. The predicted octanol–water partition coefficient (Wildman–Crippen LogP) is 1.47. The van der Waals surface area contributed by atoms with Gasteiger partial charge in [0.05, 0.1) is 7.11 Å². The summed E-state index contributed by atoms with van der Waals surface area (Å²) in [6.07, 6.45) is 1.53. The Morgan fingerprint density at radius 3 is 1.93 bits per heavy atom. The van der Waals surface area contributed by atoms with Crippen LogP contribution >= 0.6 is 0 Å². The summed E-state index contributed by atoms with van der Waals surface area (Å²) < 4.78 is 8.71. The highest BCUT2D eigenvalue weighted by atomic mass is 16.5. The van der Waals surface area contributed by atoms with Gasteiger partial charge in [-0.15, -0.1) is 0 Å². The second-order valence-electron chi connectivity index (χ2n) is 2.36. The molecular weight excluding hydrogens is 184 g/mol. The first kappa shape index (κ1) is 14.9. The van der Waals surface area contributed by atoms with Gasteiger partial charge in [-0.25, -0.2) is 4.79 Å². The van der Waals surface area contributed by atoms with Crippen LogP contribution in [0.15, 0.2) is 24.8 Å². The van der Waals surface area contributed by atoms with Crippen molar-refractivity contribution in [3.05, 3.63) is 24.8 Å². The van der Waals surface area contributed by atoms with Crippen molar-refractivity contribution in [3.8, 4) is 0 Å². The Kier molecular flexibility index (Phi) is 10.1. The molecule has 0 aliphatic heterocycles. The molecule has 0 aromatic heterocycles. The molecule has 0 saturated heterocycles. The lowest BCUT2D eigenvalue weighted by atomic mass is 10.4. The van der Waals surface area contributed by atoms with Crippen molar-refractivity contribution in [1.82, 2.24) is 0 Å². The van der Waals surface area contributed by atoms with Gasteiger partial charge in [-0.05, 0) is 6.92 Å². The van der Waals surface area contributed by atoms with Crippen LogP contribution in [0.5, 0.6) is 0 Å². The molecule has 14 heavy (non-hydrogen) atoms. The second-order valence-corrected chi connectivity index (χ2v) is 2.36. The van der Waals surface area contributed by atoms with Gasteiger partial charge in [0.1, 0.15) is 6.61 Å². The minimum atomic E-state index is -0.347. The Hall–Kier alpha value is -1.58. The van der Waals surface area contributed by atoms with Gasteiger partial charge in [-0.3, -0.25) is 4.79 Å². The molecule has 0 bridgehead atoms. The molecule has 0 atom stereocenters. The number of hydrogen-bond donors (Lipinski definition) is 0. The van der Waals surface area contributed by atoms with Gasteiger partial charge >= 0.3 is 11.9 Å². The molecule has 0 unspecified atom stereocenters. The molecule has 4 heteroatoms. The van der Waals surface area contributed by atoms with Crippen LogP contribution in [0.1, 0.15) is 13.8 Å². The van der Waals surface area contributed by atoms with Crippen LogP contribution in [0.4, 0.5) is 0 Å². The van der Waals surface area contributed by atoms with Crippen LogP contribution in [-0.2, 0) is 19.1 Å². The fourth-order valence-electron chi connectivity index (χ4n) is 0.351. The summed E-state index contributed by atoms with van der Waals surface area (Å²) in [6.45, 7) is 9.99. The lowest BCUT2D eigenvalue weighted by Gasteiger charge is -1.91. The summed E-state index contributed by atoms with van der Waals surface area (Å²) >= 11 is 0. The smallest absolute Gasteiger partial charge is 0.332 e. The highest BCUT2D eigenvalue weighted by Crippen LogP contribution is 1.87. The van der Waals surface area contributed by atoms with E-state index in [9.17, 15) is 9.59 Å². The van der Waals surface area contributed by atoms with Crippen molar-refractivity contribution < 1.29 is 19.1 Å². The maximum atomic E-state index is 10.2. The van der Waals surface area contributed by atoms with Crippen molar-refractivity contribution in [2.24, 2.45) is 0 Å². The number of rotatable bonds is 3. The monoisotopic (exact) mass is 200 g/mol. The fourth-order valence-corrected chi connectivity index (χ4v) is 0.351. The molecule has 0 heterocycles. The van der Waals surface area contributed by atoms with Crippen LogP contribution < -0.4 is 0 Å². The van der Waals surface area contributed by atoms with Gasteiger partial charge in [-0.2, -0.15) is 0 Å². The number of hydrogen-bond acceptors (Lipinski definition) is 4. The first-order chi connectivity index (χ1) is 6.45. The Bertz CT molecular complexity index is 218. The zero-order valence-electron chi connectivity index (χ0n) is 8.83. The van der Waals surface area contributed by atoms with E-state index in [-0.39, 0.29) is 11.9 Å². The largest absolute Gasteiger partial charge is 0.466 e. The molecule has 0 aromatic carbocycles. The maximum absolute atomic E-state index is 10.2. The molecule has 0 aromatic rings. The molecule has 0 saturated carbocycles. The predicted molar refractivity (Wildman–Crippen MR) is 53.7 cm³/mol. The third-order valence-electron chi connectivity index (χ3n) is 0.938. The van der Waals surface area contributed by atoms with Crippen LogP contribution in [-0.4, -0.2) is 25.7 Å². The lowest BCUT2D eigenvalue weighted by Crippen LogP contribution is -1.98. The van der Waals surface area contributed by atoms with Crippen LogP contribution in [0.25, 0.3) is 0 Å². The van der Waals surface area contributed by atoms with E-state index in [1.165, 1.54) is 20.1 Å². The van der Waals surface area contributed by atoms with Crippen LogP contribution in [0, 0.1) is 0 Å². The number of carbonyl (C=O) groups excluding carboxylic acids is 2. The Balaban J connectivity index is 0. The summed E-state index contributed by atoms with van der Waals surface area (Å²) in [5.41, 5.74) is 0.433. The molecule has 0 aliphatic rings. The van der Waals surface area contributed by atoms with E-state index in [4.69, 9.17) is 0 Å². The first-order valence-electron chi connectivity index (χ1n) is 3.93. The molecule has 0 N–H and O–H groups in total. The minimum absolute atomic E-state index is 0.264. The van der Waals surface area contributed by atoms with E-state index in [1.54, 1.807) is 6.92 Å². The normalized spacial score (nSPS) is 7.64. The first-order valence-corrected chi connectivity index (χ1v) is 3.93. The Labute approximate surface area is 84.2 Å². The van der Waals surface area contributed by atoms with Crippen molar-refractivity contribution in [2.75, 3.05) is 13.7 Å². The van der Waals surface area contributed by atoms with E-state index in [0.717, 1.165) is 0 Å². The van der Waals surface area contributed by atoms with E-state index in [0.29, 0.717) is 12.2 Å². The molecule has 0 spiro atoms. The topological polar surface area (TPSA) is 52.6 Å². The molecular formula is C10H16O4. The number of ether oxygens (including phenoxy) is 2. The highest BCUT2D eigenvalue weighted by Gasteiger charge is 1.95. The summed E-state index contributed by atoms with van der Waals surface area (Å²) in [6, 6.07) is 0. The fraction of sp³-hybridized carbons (Fsp3) is 0.400. The summed E-state index contributed by atoms with van der Waals surface area (Å²) in [5.74, 6) is -0.611. The average Bonchev–Trinajstić information content (AvgIpc) is 2.14. The zero-order chi connectivity index (χ0) is 11.6. The molecule has 0 aliphatic carbocycles. The van der Waals surface area contributed by atoms with Gasteiger partial charge in [0.15, 0.2) is 0 Å². The maximum Gasteiger partial charge on any atom is 0.332 e. The number of methoxy groups -OCH3 is 1. The molecule has 0 radical (unpaired) electrons. The third-order valence-corrected chi connectivity index (χ3v) is 0.938. The van der Waals surface area contributed by atoms with Gasteiger partial charge in [0, 0.05) is 12.5 Å². The summed E-state index contributed by atoms with van der Waals surface area (Å²) in [5, 5.41) is 0. The molecule has 0 amide bonds. The average molecular weight is 200 g/mol. The van der Waals surface area contributed by atoms with E-state index < -0.39 is 0 Å². The quantitative estimate of drug-likeness (QED) is 0.393. The number of carbonyl (C=O) groups is 2. The van der Waals surface area contributed by atoms with Gasteiger partial charge < -0.3 is 9.47 Å². The standard InChI is InChI=1S/2C5H8O2/c1-4(2)5(6)7-3;1-3-4-7-5(2)6/h1H2,2-3H3;3H,1,4H2,2H3. The minimum Gasteiger partial charge on any atom is -0.466 e. The summed E-state index contributed by atoms with van der Waals surface area (Å²) in [7, 11) is 1.33. The van der Waals surface area contributed by atoms with Crippen molar-refractivity contribution >= 4 is 11.9 Å². The van der Waals surface area contributed by atoms with Gasteiger partial charge in [-0.1, -0.05) is 19.2 Å². The Morgan fingerprint density at radius 1 is 1.36 bits per heavy atom. The number of esters is 2. The van der Waals surface area contributed by atoms with E-state index >= 15 is 0 Å².